The van der Waals surface area contributed by atoms with Crippen LogP contribution in [0, 0.1) is 18.7 Å². The number of Topliss-reactive ketones (excluding diaryl/α,β-unsaturated/α-hetero) is 1. The summed E-state index contributed by atoms with van der Waals surface area (Å²) in [6, 6.07) is 3.57. The number of nitrogens with one attached hydrogen (secondary N) is 1. The van der Waals surface area contributed by atoms with Gasteiger partial charge in [0.15, 0.2) is 12.4 Å². The Bertz CT molecular complexity index is 500. The molecule has 110 valence electrons. The third-order valence-corrected chi connectivity index (χ3v) is 2.92. The van der Waals surface area contributed by atoms with Crippen LogP contribution in [0.15, 0.2) is 18.2 Å². The van der Waals surface area contributed by atoms with Crippen LogP contribution in [-0.2, 0) is 9.59 Å². The Kier molecular flexibility index (Phi) is 5.67. The molecule has 0 aromatic heterocycles. The molecule has 1 rings (SSSR count). The molecule has 0 aliphatic heterocycles. The monoisotopic (exact) mass is 281 g/mol. The van der Waals surface area contributed by atoms with Gasteiger partial charge < -0.3 is 10.1 Å². The minimum atomic E-state index is -0.514. The second-order valence-electron chi connectivity index (χ2n) is 5.10. The van der Waals surface area contributed by atoms with E-state index in [1.54, 1.807) is 6.92 Å². The van der Waals surface area contributed by atoms with Crippen LogP contribution in [0.5, 0.6) is 5.75 Å². The highest BCUT2D eigenvalue weighted by atomic mass is 19.1. The summed E-state index contributed by atoms with van der Waals surface area (Å²) in [6.07, 6.45) is 0. The number of carbonyl (C=O) groups is 2. The zero-order chi connectivity index (χ0) is 15.3. The van der Waals surface area contributed by atoms with E-state index in [9.17, 15) is 14.0 Å². The Morgan fingerprint density at radius 1 is 1.35 bits per heavy atom. The lowest BCUT2D eigenvalue weighted by Gasteiger charge is -2.19. The molecular formula is C15H20FNO3. The summed E-state index contributed by atoms with van der Waals surface area (Å²) in [7, 11) is 0. The van der Waals surface area contributed by atoms with Gasteiger partial charge in [0.05, 0.1) is 6.04 Å². The van der Waals surface area contributed by atoms with Crippen LogP contribution in [0.25, 0.3) is 0 Å². The lowest BCUT2D eigenvalue weighted by atomic mass is 10.0. The number of carbonyl (C=O) groups excluding carboxylic acids is 2. The molecule has 0 fully saturated rings. The molecule has 20 heavy (non-hydrogen) atoms. The van der Waals surface area contributed by atoms with Crippen molar-refractivity contribution in [1.82, 2.24) is 5.32 Å². The van der Waals surface area contributed by atoms with Gasteiger partial charge >= 0.3 is 0 Å². The molecule has 0 heterocycles. The predicted octanol–water partition coefficient (Wildman–Crippen LogP) is 2.24. The van der Waals surface area contributed by atoms with Crippen molar-refractivity contribution in [1.29, 1.82) is 0 Å². The summed E-state index contributed by atoms with van der Waals surface area (Å²) in [5, 5.41) is 2.63. The Hall–Kier alpha value is -1.91. The quantitative estimate of drug-likeness (QED) is 0.870. The standard InChI is InChI=1S/C15H20FNO3/c1-9(2)15(11(4)18)17-14(19)8-20-13-6-5-12(16)7-10(13)3/h5-7,9,15H,8H2,1-4H3,(H,17,19). The van der Waals surface area contributed by atoms with Gasteiger partial charge in [0, 0.05) is 0 Å². The summed E-state index contributed by atoms with van der Waals surface area (Å²) >= 11 is 0. The van der Waals surface area contributed by atoms with Gasteiger partial charge in [0.25, 0.3) is 5.91 Å². The topological polar surface area (TPSA) is 55.4 Å². The van der Waals surface area contributed by atoms with Crippen molar-refractivity contribution in [2.45, 2.75) is 33.7 Å². The maximum atomic E-state index is 12.9. The van der Waals surface area contributed by atoms with E-state index in [2.05, 4.69) is 5.32 Å². The van der Waals surface area contributed by atoms with Gasteiger partial charge in [-0.15, -0.1) is 0 Å². The molecule has 0 spiro atoms. The lowest BCUT2D eigenvalue weighted by Crippen LogP contribution is -2.45. The summed E-state index contributed by atoms with van der Waals surface area (Å²) in [5.74, 6) is -0.348. The van der Waals surface area contributed by atoms with Crippen LogP contribution >= 0.6 is 0 Å². The summed E-state index contributed by atoms with van der Waals surface area (Å²) in [6.45, 7) is 6.65. The second-order valence-corrected chi connectivity index (χ2v) is 5.10. The fourth-order valence-corrected chi connectivity index (χ4v) is 1.87. The minimum Gasteiger partial charge on any atom is -0.484 e. The number of amides is 1. The summed E-state index contributed by atoms with van der Waals surface area (Å²) in [5.41, 5.74) is 0.616. The van der Waals surface area contributed by atoms with Gasteiger partial charge in [0.2, 0.25) is 0 Å². The van der Waals surface area contributed by atoms with Crippen molar-refractivity contribution < 1.29 is 18.7 Å². The number of hydrogen-bond donors (Lipinski definition) is 1. The zero-order valence-corrected chi connectivity index (χ0v) is 12.2. The number of ketones is 1. The molecule has 0 radical (unpaired) electrons. The highest BCUT2D eigenvalue weighted by Gasteiger charge is 2.20. The zero-order valence-electron chi connectivity index (χ0n) is 12.2. The molecule has 0 saturated heterocycles. The molecule has 1 N–H and O–H groups in total. The molecule has 1 amide bonds. The molecule has 5 heteroatoms. The number of rotatable bonds is 6. The molecule has 1 aromatic carbocycles. The van der Waals surface area contributed by atoms with Gasteiger partial charge in [-0.2, -0.15) is 0 Å². The minimum absolute atomic E-state index is 0.0176. The number of ether oxygens (including phenoxy) is 1. The van der Waals surface area contributed by atoms with Crippen LogP contribution in [-0.4, -0.2) is 24.3 Å². The van der Waals surface area contributed by atoms with Crippen LogP contribution in [0.3, 0.4) is 0 Å². The van der Waals surface area contributed by atoms with Crippen LogP contribution in [0.4, 0.5) is 4.39 Å². The van der Waals surface area contributed by atoms with Gasteiger partial charge in [0.1, 0.15) is 11.6 Å². The van der Waals surface area contributed by atoms with Crippen molar-refractivity contribution in [3.05, 3.63) is 29.6 Å². The van der Waals surface area contributed by atoms with Gasteiger partial charge in [-0.25, -0.2) is 4.39 Å². The van der Waals surface area contributed by atoms with E-state index in [-0.39, 0.29) is 30.0 Å². The number of aryl methyl sites for hydroxylation is 1. The van der Waals surface area contributed by atoms with E-state index in [1.807, 2.05) is 13.8 Å². The van der Waals surface area contributed by atoms with Crippen LogP contribution < -0.4 is 10.1 Å². The normalized spacial score (nSPS) is 12.1. The number of benzene rings is 1. The van der Waals surface area contributed by atoms with Gasteiger partial charge in [-0.1, -0.05) is 13.8 Å². The van der Waals surface area contributed by atoms with Crippen molar-refractivity contribution in [3.63, 3.8) is 0 Å². The first-order valence-electron chi connectivity index (χ1n) is 6.50. The van der Waals surface area contributed by atoms with Crippen LogP contribution in [0.1, 0.15) is 26.3 Å². The first-order valence-corrected chi connectivity index (χ1v) is 6.50. The van der Waals surface area contributed by atoms with E-state index in [0.29, 0.717) is 11.3 Å². The average molecular weight is 281 g/mol. The SMILES string of the molecule is CC(=O)C(NC(=O)COc1ccc(F)cc1C)C(C)C. The third-order valence-electron chi connectivity index (χ3n) is 2.92. The second kappa shape index (κ2) is 7.03. The molecule has 0 aliphatic carbocycles. The van der Waals surface area contributed by atoms with Crippen LogP contribution in [0.2, 0.25) is 0 Å². The van der Waals surface area contributed by atoms with Crippen molar-refractivity contribution in [2.75, 3.05) is 6.61 Å². The van der Waals surface area contributed by atoms with Crippen molar-refractivity contribution >= 4 is 11.7 Å². The molecule has 1 aromatic rings. The van der Waals surface area contributed by atoms with Gasteiger partial charge in [-0.05, 0) is 43.5 Å². The lowest BCUT2D eigenvalue weighted by molar-refractivity contribution is -0.129. The summed E-state index contributed by atoms with van der Waals surface area (Å²) < 4.78 is 18.2. The Balaban J connectivity index is 2.57. The smallest absolute Gasteiger partial charge is 0.258 e. The van der Waals surface area contributed by atoms with Gasteiger partial charge in [-0.3, -0.25) is 9.59 Å². The van der Waals surface area contributed by atoms with E-state index in [0.717, 1.165) is 0 Å². The van der Waals surface area contributed by atoms with Crippen molar-refractivity contribution in [3.8, 4) is 5.75 Å². The fourth-order valence-electron chi connectivity index (χ4n) is 1.87. The average Bonchev–Trinajstić information content (AvgIpc) is 2.34. The van der Waals surface area contributed by atoms with E-state index < -0.39 is 6.04 Å². The fraction of sp³-hybridized carbons (Fsp3) is 0.467. The largest absolute Gasteiger partial charge is 0.484 e. The molecule has 0 saturated carbocycles. The third kappa shape index (κ3) is 4.64. The Morgan fingerprint density at radius 3 is 2.50 bits per heavy atom. The highest BCUT2D eigenvalue weighted by molar-refractivity contribution is 5.88. The molecule has 0 bridgehead atoms. The predicted molar refractivity (Wildman–Crippen MR) is 74.1 cm³/mol. The first-order chi connectivity index (χ1) is 9.31. The molecule has 4 nitrogen and oxygen atoms in total. The molecular weight excluding hydrogens is 261 g/mol. The highest BCUT2D eigenvalue weighted by Crippen LogP contribution is 2.18. The Morgan fingerprint density at radius 2 is 2.00 bits per heavy atom. The number of hydrogen-bond acceptors (Lipinski definition) is 3. The Labute approximate surface area is 118 Å². The molecule has 0 aliphatic rings. The first kappa shape index (κ1) is 16.1. The van der Waals surface area contributed by atoms with E-state index in [1.165, 1.54) is 25.1 Å². The van der Waals surface area contributed by atoms with E-state index in [4.69, 9.17) is 4.74 Å². The maximum absolute atomic E-state index is 12.9. The van der Waals surface area contributed by atoms with Crippen molar-refractivity contribution in [2.24, 2.45) is 5.92 Å². The molecule has 1 atom stereocenters. The number of halogens is 1. The summed E-state index contributed by atoms with van der Waals surface area (Å²) in [4.78, 5) is 23.1. The molecule has 1 unspecified atom stereocenters. The maximum Gasteiger partial charge on any atom is 0.258 e. The van der Waals surface area contributed by atoms with E-state index >= 15 is 0 Å².